The van der Waals surface area contributed by atoms with Crippen molar-refractivity contribution in [3.8, 4) is 0 Å². The summed E-state index contributed by atoms with van der Waals surface area (Å²) in [5.41, 5.74) is 4.68. The topological polar surface area (TPSA) is 105 Å². The van der Waals surface area contributed by atoms with E-state index in [1.807, 2.05) is 4.57 Å². The van der Waals surface area contributed by atoms with Crippen LogP contribution in [0.15, 0.2) is 40.6 Å². The Hall–Kier alpha value is -2.59. The number of carbonyl (C=O) groups excluding carboxylic acids is 2. The van der Waals surface area contributed by atoms with Crippen LogP contribution in [-0.2, 0) is 17.8 Å². The van der Waals surface area contributed by atoms with Crippen molar-refractivity contribution >= 4 is 23.6 Å². The number of piperidine rings is 1. The van der Waals surface area contributed by atoms with E-state index in [1.54, 1.807) is 12.1 Å². The molecular formula is C19H26N6O3S. The van der Waals surface area contributed by atoms with Gasteiger partial charge < -0.3 is 13.9 Å². The first-order valence-corrected chi connectivity index (χ1v) is 10.7. The second-order valence-corrected chi connectivity index (χ2v) is 7.66. The summed E-state index contributed by atoms with van der Waals surface area (Å²) in [6.07, 6.45) is 7.82. The second kappa shape index (κ2) is 10.8. The zero-order valence-electron chi connectivity index (χ0n) is 16.3. The van der Waals surface area contributed by atoms with E-state index in [-0.39, 0.29) is 17.4 Å². The average Bonchev–Trinajstić information content (AvgIpc) is 3.41. The van der Waals surface area contributed by atoms with Crippen molar-refractivity contribution in [2.75, 3.05) is 25.4 Å². The van der Waals surface area contributed by atoms with Gasteiger partial charge in [0.2, 0.25) is 5.91 Å². The number of furan rings is 1. The molecule has 2 aromatic heterocycles. The van der Waals surface area contributed by atoms with Gasteiger partial charge in [-0.25, -0.2) is 0 Å². The lowest BCUT2D eigenvalue weighted by Gasteiger charge is -2.26. The number of amides is 2. The van der Waals surface area contributed by atoms with E-state index in [0.29, 0.717) is 11.7 Å². The molecule has 2 aromatic rings. The molecule has 1 aliphatic rings. The lowest BCUT2D eigenvalue weighted by molar-refractivity contribution is -0.119. The molecule has 0 aliphatic carbocycles. The predicted molar refractivity (Wildman–Crippen MR) is 109 cm³/mol. The number of aromatic nitrogens is 3. The van der Waals surface area contributed by atoms with Gasteiger partial charge in [-0.1, -0.05) is 24.3 Å². The van der Waals surface area contributed by atoms with E-state index < -0.39 is 5.91 Å². The minimum absolute atomic E-state index is 0.0971. The largest absolute Gasteiger partial charge is 0.459 e. The Labute approximate surface area is 173 Å². The van der Waals surface area contributed by atoms with Crippen LogP contribution in [-0.4, -0.2) is 56.9 Å². The third kappa shape index (κ3) is 6.20. The highest BCUT2D eigenvalue weighted by Crippen LogP contribution is 2.18. The zero-order valence-corrected chi connectivity index (χ0v) is 17.1. The van der Waals surface area contributed by atoms with Crippen molar-refractivity contribution in [2.45, 2.75) is 37.4 Å². The van der Waals surface area contributed by atoms with Crippen LogP contribution in [0, 0.1) is 0 Å². The van der Waals surface area contributed by atoms with Gasteiger partial charge >= 0.3 is 5.91 Å². The Kier molecular flexibility index (Phi) is 7.88. The van der Waals surface area contributed by atoms with Crippen LogP contribution in [0.2, 0.25) is 0 Å². The fourth-order valence-corrected chi connectivity index (χ4v) is 3.89. The standard InChI is InChI=1S/C19H26N6O3S/c1-2-9-25-16(8-12-24-10-4-3-5-11-24)20-23-19(25)29-14-17(26)21-22-18(27)15-7-6-13-28-15/h2,6-7,13H,1,3-5,8-12,14H2,(H,21,26)(H,22,27). The van der Waals surface area contributed by atoms with Gasteiger partial charge in [-0.15, -0.1) is 16.8 Å². The molecule has 0 bridgehead atoms. The Morgan fingerprint density at radius 1 is 1.24 bits per heavy atom. The monoisotopic (exact) mass is 418 g/mol. The maximum absolute atomic E-state index is 12.0. The van der Waals surface area contributed by atoms with E-state index in [0.717, 1.165) is 31.9 Å². The number of nitrogens with zero attached hydrogens (tertiary/aromatic N) is 4. The molecule has 29 heavy (non-hydrogen) atoms. The molecule has 0 spiro atoms. The minimum atomic E-state index is -0.511. The second-order valence-electron chi connectivity index (χ2n) is 6.72. The van der Waals surface area contributed by atoms with Crippen LogP contribution < -0.4 is 10.9 Å². The molecule has 3 heterocycles. The number of allylic oxidation sites excluding steroid dienone is 1. The molecular weight excluding hydrogens is 392 g/mol. The summed E-state index contributed by atoms with van der Waals surface area (Å²) in [4.78, 5) is 26.3. The summed E-state index contributed by atoms with van der Waals surface area (Å²) in [5.74, 6) is 0.257. The average molecular weight is 419 g/mol. The van der Waals surface area contributed by atoms with Gasteiger partial charge in [-0.05, 0) is 38.1 Å². The molecule has 1 saturated heterocycles. The highest BCUT2D eigenvalue weighted by Gasteiger charge is 2.16. The molecule has 2 N–H and O–H groups in total. The Bertz CT molecular complexity index is 814. The number of hydrazine groups is 1. The van der Waals surface area contributed by atoms with Gasteiger partial charge in [0.15, 0.2) is 10.9 Å². The lowest BCUT2D eigenvalue weighted by Crippen LogP contribution is -2.42. The number of hydrogen-bond acceptors (Lipinski definition) is 7. The van der Waals surface area contributed by atoms with Gasteiger partial charge in [-0.2, -0.15) is 0 Å². The molecule has 9 nitrogen and oxygen atoms in total. The van der Waals surface area contributed by atoms with Crippen molar-refractivity contribution in [1.29, 1.82) is 0 Å². The first-order valence-electron chi connectivity index (χ1n) is 9.68. The molecule has 1 aliphatic heterocycles. The van der Waals surface area contributed by atoms with Crippen molar-refractivity contribution in [2.24, 2.45) is 0 Å². The molecule has 0 radical (unpaired) electrons. The summed E-state index contributed by atoms with van der Waals surface area (Å²) >= 11 is 1.27. The Morgan fingerprint density at radius 2 is 2.07 bits per heavy atom. The predicted octanol–water partition coefficient (Wildman–Crippen LogP) is 1.64. The van der Waals surface area contributed by atoms with E-state index in [9.17, 15) is 9.59 Å². The highest BCUT2D eigenvalue weighted by atomic mass is 32.2. The molecule has 0 unspecified atom stereocenters. The van der Waals surface area contributed by atoms with Crippen molar-refractivity contribution < 1.29 is 14.0 Å². The third-order valence-electron chi connectivity index (χ3n) is 4.60. The molecule has 2 amide bonds. The van der Waals surface area contributed by atoms with Crippen LogP contribution in [0.3, 0.4) is 0 Å². The number of carbonyl (C=O) groups is 2. The zero-order chi connectivity index (χ0) is 20.5. The molecule has 3 rings (SSSR count). The lowest BCUT2D eigenvalue weighted by atomic mass is 10.1. The first-order chi connectivity index (χ1) is 14.2. The summed E-state index contributed by atoms with van der Waals surface area (Å²) in [5, 5.41) is 9.20. The maximum Gasteiger partial charge on any atom is 0.305 e. The first kappa shape index (κ1) is 21.1. The van der Waals surface area contributed by atoms with Crippen LogP contribution >= 0.6 is 11.8 Å². The van der Waals surface area contributed by atoms with Crippen molar-refractivity contribution in [3.05, 3.63) is 42.6 Å². The van der Waals surface area contributed by atoms with Gasteiger partial charge in [0.05, 0.1) is 12.0 Å². The molecule has 156 valence electrons. The molecule has 10 heteroatoms. The highest BCUT2D eigenvalue weighted by molar-refractivity contribution is 7.99. The maximum atomic E-state index is 12.0. The van der Waals surface area contributed by atoms with Gasteiger partial charge in [0, 0.05) is 19.5 Å². The van der Waals surface area contributed by atoms with Crippen LogP contribution in [0.4, 0.5) is 0 Å². The summed E-state index contributed by atoms with van der Waals surface area (Å²) in [6.45, 7) is 7.63. The number of rotatable bonds is 9. The number of likely N-dealkylation sites (tertiary alicyclic amines) is 1. The van der Waals surface area contributed by atoms with Gasteiger partial charge in [-0.3, -0.25) is 20.4 Å². The van der Waals surface area contributed by atoms with E-state index in [4.69, 9.17) is 4.42 Å². The van der Waals surface area contributed by atoms with Gasteiger partial charge in [0.1, 0.15) is 5.82 Å². The Balaban J connectivity index is 1.48. The molecule has 0 saturated carbocycles. The quantitative estimate of drug-likeness (QED) is 0.362. The molecule has 0 atom stereocenters. The van der Waals surface area contributed by atoms with E-state index in [1.165, 1.54) is 43.4 Å². The molecule has 0 aromatic carbocycles. The van der Waals surface area contributed by atoms with Crippen molar-refractivity contribution in [3.63, 3.8) is 0 Å². The fourth-order valence-electron chi connectivity index (χ4n) is 3.13. The number of nitrogens with one attached hydrogen (secondary N) is 2. The summed E-state index contributed by atoms with van der Waals surface area (Å²) in [7, 11) is 0. The number of thioether (sulfide) groups is 1. The van der Waals surface area contributed by atoms with Crippen molar-refractivity contribution in [1.82, 2.24) is 30.5 Å². The normalized spacial score (nSPS) is 14.5. The van der Waals surface area contributed by atoms with Crippen LogP contribution in [0.1, 0.15) is 35.6 Å². The molecule has 1 fully saturated rings. The SMILES string of the molecule is C=CCn1c(CCN2CCCCC2)nnc1SCC(=O)NNC(=O)c1ccco1. The van der Waals surface area contributed by atoms with E-state index in [2.05, 4.69) is 32.5 Å². The fraction of sp³-hybridized carbons (Fsp3) is 0.474. The minimum Gasteiger partial charge on any atom is -0.459 e. The summed E-state index contributed by atoms with van der Waals surface area (Å²) in [6, 6.07) is 3.11. The van der Waals surface area contributed by atoms with Crippen LogP contribution in [0.25, 0.3) is 0 Å². The third-order valence-corrected chi connectivity index (χ3v) is 5.56. The van der Waals surface area contributed by atoms with Gasteiger partial charge in [0.25, 0.3) is 0 Å². The number of hydrogen-bond donors (Lipinski definition) is 2. The van der Waals surface area contributed by atoms with Crippen LogP contribution in [0.5, 0.6) is 0 Å². The van der Waals surface area contributed by atoms with E-state index >= 15 is 0 Å². The smallest absolute Gasteiger partial charge is 0.305 e. The Morgan fingerprint density at radius 3 is 2.79 bits per heavy atom. The summed E-state index contributed by atoms with van der Waals surface area (Å²) < 4.78 is 6.95.